The third-order valence-corrected chi connectivity index (χ3v) is 6.77. The van der Waals surface area contributed by atoms with Crippen LogP contribution in [0.15, 0.2) is 47.1 Å². The van der Waals surface area contributed by atoms with E-state index in [9.17, 15) is 9.59 Å². The highest BCUT2D eigenvalue weighted by Gasteiger charge is 2.39. The van der Waals surface area contributed by atoms with Crippen LogP contribution in [0.1, 0.15) is 67.9 Å². The monoisotopic (exact) mass is 434 g/mol. The highest BCUT2D eigenvalue weighted by molar-refractivity contribution is 5.96. The minimum absolute atomic E-state index is 0.0549. The lowest BCUT2D eigenvalue weighted by molar-refractivity contribution is -0.136. The van der Waals surface area contributed by atoms with Crippen LogP contribution in [0, 0.1) is 0 Å². The van der Waals surface area contributed by atoms with Crippen LogP contribution < -0.4 is 0 Å². The average molecular weight is 435 g/mol. The van der Waals surface area contributed by atoms with Crippen molar-refractivity contribution in [2.45, 2.75) is 57.5 Å². The predicted octanol–water partition coefficient (Wildman–Crippen LogP) is 4.22. The van der Waals surface area contributed by atoms with E-state index in [1.54, 1.807) is 17.0 Å². The second kappa shape index (κ2) is 8.45. The Morgan fingerprint density at radius 1 is 1.06 bits per heavy atom. The molecule has 32 heavy (non-hydrogen) atoms. The van der Waals surface area contributed by atoms with Crippen molar-refractivity contribution in [1.29, 1.82) is 0 Å². The Bertz CT molecular complexity index is 1120. The zero-order valence-corrected chi connectivity index (χ0v) is 18.7. The first kappa shape index (κ1) is 20.8. The smallest absolute Gasteiger partial charge is 0.290 e. The van der Waals surface area contributed by atoms with Crippen molar-refractivity contribution in [3.05, 3.63) is 54.2 Å². The van der Waals surface area contributed by atoms with Gasteiger partial charge in [0.2, 0.25) is 5.91 Å². The van der Waals surface area contributed by atoms with E-state index in [0.717, 1.165) is 42.7 Å². The summed E-state index contributed by atoms with van der Waals surface area (Å²) >= 11 is 0. The van der Waals surface area contributed by atoms with E-state index in [4.69, 9.17) is 9.40 Å². The van der Waals surface area contributed by atoms with Gasteiger partial charge in [-0.25, -0.2) is 4.98 Å². The summed E-state index contributed by atoms with van der Waals surface area (Å²) in [6.45, 7) is 6.33. The SMILES string of the molecule is CC(C)n1c(C2CCCN(C(=O)C3CCCN3C(=O)c3ccco3)C2)nc2ccccc21. The fraction of sp³-hybridized carbons (Fsp3) is 0.480. The van der Waals surface area contributed by atoms with Crippen LogP contribution >= 0.6 is 0 Å². The molecule has 2 aliphatic rings. The number of piperidine rings is 1. The fourth-order valence-corrected chi connectivity index (χ4v) is 5.30. The zero-order valence-electron chi connectivity index (χ0n) is 18.7. The predicted molar refractivity (Wildman–Crippen MR) is 121 cm³/mol. The molecule has 2 amide bonds. The molecule has 168 valence electrons. The van der Waals surface area contributed by atoms with Crippen LogP contribution in [0.25, 0.3) is 11.0 Å². The van der Waals surface area contributed by atoms with Crippen molar-refractivity contribution in [3.63, 3.8) is 0 Å². The minimum atomic E-state index is -0.407. The van der Waals surface area contributed by atoms with E-state index in [1.165, 1.54) is 6.26 Å². The minimum Gasteiger partial charge on any atom is -0.459 e. The molecule has 2 aromatic heterocycles. The van der Waals surface area contributed by atoms with Gasteiger partial charge in [-0.05, 0) is 63.8 Å². The number of furan rings is 1. The third kappa shape index (κ3) is 3.59. The van der Waals surface area contributed by atoms with Gasteiger partial charge in [0.25, 0.3) is 5.91 Å². The molecule has 5 rings (SSSR count). The van der Waals surface area contributed by atoms with E-state index in [0.29, 0.717) is 31.3 Å². The number of fused-ring (bicyclic) bond motifs is 1. The summed E-state index contributed by atoms with van der Waals surface area (Å²) in [5, 5.41) is 0. The van der Waals surface area contributed by atoms with E-state index >= 15 is 0 Å². The summed E-state index contributed by atoms with van der Waals surface area (Å²) in [7, 11) is 0. The summed E-state index contributed by atoms with van der Waals surface area (Å²) in [5.41, 5.74) is 2.15. The summed E-state index contributed by atoms with van der Waals surface area (Å²) in [6.07, 6.45) is 4.99. The number of hydrogen-bond acceptors (Lipinski definition) is 4. The van der Waals surface area contributed by atoms with Gasteiger partial charge in [-0.15, -0.1) is 0 Å². The number of carbonyl (C=O) groups is 2. The average Bonchev–Trinajstić information content (AvgIpc) is 3.57. The second-order valence-electron chi connectivity index (χ2n) is 9.18. The number of aromatic nitrogens is 2. The molecule has 4 heterocycles. The molecule has 0 N–H and O–H groups in total. The first-order valence-corrected chi connectivity index (χ1v) is 11.6. The summed E-state index contributed by atoms with van der Waals surface area (Å²) < 4.78 is 7.61. The summed E-state index contributed by atoms with van der Waals surface area (Å²) in [6, 6.07) is 11.5. The van der Waals surface area contributed by atoms with Crippen molar-refractivity contribution in [1.82, 2.24) is 19.4 Å². The van der Waals surface area contributed by atoms with E-state index < -0.39 is 6.04 Å². The normalized spacial score (nSPS) is 21.6. The Balaban J connectivity index is 1.37. The van der Waals surface area contributed by atoms with Gasteiger partial charge in [-0.3, -0.25) is 9.59 Å². The van der Waals surface area contributed by atoms with Crippen LogP contribution in [0.4, 0.5) is 0 Å². The molecule has 2 aliphatic heterocycles. The quantitative estimate of drug-likeness (QED) is 0.616. The van der Waals surface area contributed by atoms with E-state index in [2.05, 4.69) is 30.5 Å². The lowest BCUT2D eigenvalue weighted by Gasteiger charge is -2.36. The molecular formula is C25H30N4O3. The number of benzene rings is 1. The standard InChI is InChI=1S/C25H30N4O3/c1-17(2)29-20-10-4-3-9-19(20)26-23(29)18-8-5-13-27(16-18)24(30)21-11-6-14-28(21)25(31)22-12-7-15-32-22/h3-4,7,9-10,12,15,17-18,21H,5-6,8,11,13-14,16H2,1-2H3. The Labute approximate surface area is 188 Å². The number of likely N-dealkylation sites (tertiary alicyclic amines) is 2. The number of rotatable bonds is 4. The maximum Gasteiger partial charge on any atom is 0.290 e. The van der Waals surface area contributed by atoms with Crippen molar-refractivity contribution in [3.8, 4) is 0 Å². The first-order valence-electron chi connectivity index (χ1n) is 11.6. The van der Waals surface area contributed by atoms with Crippen molar-refractivity contribution in [2.75, 3.05) is 19.6 Å². The molecule has 0 aliphatic carbocycles. The van der Waals surface area contributed by atoms with Crippen molar-refractivity contribution < 1.29 is 14.0 Å². The summed E-state index contributed by atoms with van der Waals surface area (Å²) in [5.74, 6) is 1.42. The van der Waals surface area contributed by atoms with Crippen LogP contribution in [-0.2, 0) is 4.79 Å². The number of hydrogen-bond donors (Lipinski definition) is 0. The van der Waals surface area contributed by atoms with Gasteiger partial charge in [0.05, 0.1) is 17.3 Å². The summed E-state index contributed by atoms with van der Waals surface area (Å²) in [4.78, 5) is 35.0. The zero-order chi connectivity index (χ0) is 22.2. The molecular weight excluding hydrogens is 404 g/mol. The Hall–Kier alpha value is -3.09. The van der Waals surface area contributed by atoms with Gasteiger partial charge < -0.3 is 18.8 Å². The molecule has 0 saturated carbocycles. The number of carbonyl (C=O) groups excluding carboxylic acids is 2. The highest BCUT2D eigenvalue weighted by Crippen LogP contribution is 2.33. The number of nitrogens with zero attached hydrogens (tertiary/aromatic N) is 4. The third-order valence-electron chi connectivity index (χ3n) is 6.77. The molecule has 2 atom stereocenters. The fourth-order valence-electron chi connectivity index (χ4n) is 5.30. The van der Waals surface area contributed by atoms with Gasteiger partial charge in [0.1, 0.15) is 11.9 Å². The van der Waals surface area contributed by atoms with Crippen LogP contribution in [0.5, 0.6) is 0 Å². The molecule has 2 saturated heterocycles. The van der Waals surface area contributed by atoms with E-state index in [-0.39, 0.29) is 17.7 Å². The van der Waals surface area contributed by atoms with Gasteiger partial charge >= 0.3 is 0 Å². The lowest BCUT2D eigenvalue weighted by Crippen LogP contribution is -2.50. The van der Waals surface area contributed by atoms with Gasteiger partial charge in [0.15, 0.2) is 5.76 Å². The van der Waals surface area contributed by atoms with Crippen LogP contribution in [-0.4, -0.2) is 56.8 Å². The maximum absolute atomic E-state index is 13.5. The topological polar surface area (TPSA) is 71.6 Å². The molecule has 7 nitrogen and oxygen atoms in total. The molecule has 2 fully saturated rings. The van der Waals surface area contributed by atoms with E-state index in [1.807, 2.05) is 17.0 Å². The van der Waals surface area contributed by atoms with Crippen molar-refractivity contribution in [2.24, 2.45) is 0 Å². The maximum atomic E-state index is 13.5. The number of imidazole rings is 1. The molecule has 0 bridgehead atoms. The first-order chi connectivity index (χ1) is 15.5. The number of amides is 2. The van der Waals surface area contributed by atoms with Crippen LogP contribution in [0.3, 0.4) is 0 Å². The number of para-hydroxylation sites is 2. The highest BCUT2D eigenvalue weighted by atomic mass is 16.3. The Kier molecular flexibility index (Phi) is 5.49. The molecule has 7 heteroatoms. The van der Waals surface area contributed by atoms with Gasteiger partial charge in [-0.2, -0.15) is 0 Å². The molecule has 3 aromatic rings. The Morgan fingerprint density at radius 2 is 1.88 bits per heavy atom. The molecule has 1 aromatic carbocycles. The van der Waals surface area contributed by atoms with Gasteiger partial charge in [-0.1, -0.05) is 12.1 Å². The van der Waals surface area contributed by atoms with Gasteiger partial charge in [0, 0.05) is 31.6 Å². The van der Waals surface area contributed by atoms with Crippen LogP contribution in [0.2, 0.25) is 0 Å². The lowest BCUT2D eigenvalue weighted by atomic mass is 9.96. The van der Waals surface area contributed by atoms with Crippen molar-refractivity contribution >= 4 is 22.8 Å². The molecule has 2 unspecified atom stereocenters. The molecule has 0 spiro atoms. The largest absolute Gasteiger partial charge is 0.459 e. The molecule has 0 radical (unpaired) electrons. The second-order valence-corrected chi connectivity index (χ2v) is 9.18. The Morgan fingerprint density at radius 3 is 2.66 bits per heavy atom.